The fourth-order valence-corrected chi connectivity index (χ4v) is 3.36. The van der Waals surface area contributed by atoms with E-state index in [1.165, 1.54) is 10.4 Å². The highest BCUT2D eigenvalue weighted by Crippen LogP contribution is 2.24. The SMILES string of the molecule is Cc1ccc(NS(=O)(=O)N2CCC(C)CC2)cc1O. The topological polar surface area (TPSA) is 69.6 Å². The number of aromatic hydroxyl groups is 1. The van der Waals surface area contributed by atoms with E-state index < -0.39 is 10.2 Å². The van der Waals surface area contributed by atoms with Gasteiger partial charge in [0.25, 0.3) is 0 Å². The molecule has 1 aromatic rings. The molecule has 0 unspecified atom stereocenters. The van der Waals surface area contributed by atoms with Crippen molar-refractivity contribution in [1.29, 1.82) is 0 Å². The number of phenols is 1. The van der Waals surface area contributed by atoms with Gasteiger partial charge in [0.15, 0.2) is 0 Å². The molecule has 5 nitrogen and oxygen atoms in total. The standard InChI is InChI=1S/C13H20N2O3S/c1-10-5-7-15(8-6-10)19(17,18)14-12-4-3-11(2)13(16)9-12/h3-4,9-10,14,16H,5-8H2,1-2H3. The molecule has 2 rings (SSSR count). The Morgan fingerprint density at radius 2 is 1.95 bits per heavy atom. The van der Waals surface area contributed by atoms with Crippen LogP contribution in [0.15, 0.2) is 18.2 Å². The molecule has 0 radical (unpaired) electrons. The summed E-state index contributed by atoms with van der Waals surface area (Å²) < 4.78 is 28.4. The van der Waals surface area contributed by atoms with E-state index in [1.807, 2.05) is 0 Å². The maximum Gasteiger partial charge on any atom is 0.301 e. The highest BCUT2D eigenvalue weighted by atomic mass is 32.2. The van der Waals surface area contributed by atoms with Crippen molar-refractivity contribution in [1.82, 2.24) is 4.31 Å². The van der Waals surface area contributed by atoms with Crippen LogP contribution in [-0.2, 0) is 10.2 Å². The molecule has 0 saturated carbocycles. The average Bonchev–Trinajstić information content (AvgIpc) is 2.34. The zero-order valence-corrected chi connectivity index (χ0v) is 12.1. The summed E-state index contributed by atoms with van der Waals surface area (Å²) in [5, 5.41) is 9.59. The third kappa shape index (κ3) is 3.39. The number of anilines is 1. The van der Waals surface area contributed by atoms with Gasteiger partial charge in [0.1, 0.15) is 5.75 Å². The van der Waals surface area contributed by atoms with E-state index in [-0.39, 0.29) is 5.75 Å². The quantitative estimate of drug-likeness (QED) is 0.893. The molecule has 0 amide bonds. The van der Waals surface area contributed by atoms with Crippen LogP contribution >= 0.6 is 0 Å². The normalized spacial score (nSPS) is 18.4. The van der Waals surface area contributed by atoms with Gasteiger partial charge in [-0.25, -0.2) is 0 Å². The van der Waals surface area contributed by atoms with Crippen LogP contribution in [0.4, 0.5) is 5.69 Å². The van der Waals surface area contributed by atoms with E-state index in [1.54, 1.807) is 19.1 Å². The van der Waals surface area contributed by atoms with Crippen molar-refractivity contribution in [3.8, 4) is 5.75 Å². The van der Waals surface area contributed by atoms with Gasteiger partial charge in [-0.1, -0.05) is 13.0 Å². The summed E-state index contributed by atoms with van der Waals surface area (Å²) in [5.74, 6) is 0.669. The van der Waals surface area contributed by atoms with Gasteiger partial charge < -0.3 is 5.11 Å². The predicted octanol–water partition coefficient (Wildman–Crippen LogP) is 2.09. The summed E-state index contributed by atoms with van der Waals surface area (Å²) in [5.41, 5.74) is 1.11. The fraction of sp³-hybridized carbons (Fsp3) is 0.538. The first-order valence-electron chi connectivity index (χ1n) is 6.46. The molecule has 0 aliphatic carbocycles. The van der Waals surface area contributed by atoms with Crippen molar-refractivity contribution in [3.05, 3.63) is 23.8 Å². The largest absolute Gasteiger partial charge is 0.508 e. The molecule has 1 fully saturated rings. The van der Waals surface area contributed by atoms with Gasteiger partial charge in [-0.15, -0.1) is 0 Å². The summed E-state index contributed by atoms with van der Waals surface area (Å²) in [6.07, 6.45) is 1.78. The fourth-order valence-electron chi connectivity index (χ4n) is 2.11. The highest BCUT2D eigenvalue weighted by molar-refractivity contribution is 7.90. The van der Waals surface area contributed by atoms with Gasteiger partial charge in [-0.2, -0.15) is 12.7 Å². The van der Waals surface area contributed by atoms with Crippen LogP contribution < -0.4 is 4.72 Å². The Morgan fingerprint density at radius 3 is 2.53 bits per heavy atom. The summed E-state index contributed by atoms with van der Waals surface area (Å²) in [7, 11) is -3.52. The lowest BCUT2D eigenvalue weighted by Crippen LogP contribution is -2.41. The van der Waals surface area contributed by atoms with Gasteiger partial charge >= 0.3 is 10.2 Å². The number of benzene rings is 1. The molecule has 1 aliphatic heterocycles. The zero-order chi connectivity index (χ0) is 14.0. The van der Waals surface area contributed by atoms with Crippen LogP contribution in [0.1, 0.15) is 25.3 Å². The lowest BCUT2D eigenvalue weighted by molar-refractivity contribution is 0.289. The number of rotatable bonds is 3. The third-order valence-corrected chi connectivity index (χ3v) is 5.08. The van der Waals surface area contributed by atoms with Crippen molar-refractivity contribution < 1.29 is 13.5 Å². The number of hydrogen-bond donors (Lipinski definition) is 2. The smallest absolute Gasteiger partial charge is 0.301 e. The van der Waals surface area contributed by atoms with Crippen LogP contribution in [0, 0.1) is 12.8 Å². The first-order chi connectivity index (χ1) is 8.88. The predicted molar refractivity (Wildman–Crippen MR) is 75.4 cm³/mol. The molecule has 1 aromatic carbocycles. The van der Waals surface area contributed by atoms with E-state index in [0.29, 0.717) is 24.7 Å². The molecule has 0 spiro atoms. The third-order valence-electron chi connectivity index (χ3n) is 3.54. The molecule has 0 atom stereocenters. The summed E-state index contributed by atoms with van der Waals surface area (Å²) in [6.45, 7) is 5.00. The second kappa shape index (κ2) is 5.38. The number of nitrogens with one attached hydrogen (secondary N) is 1. The minimum absolute atomic E-state index is 0.0902. The monoisotopic (exact) mass is 284 g/mol. The van der Waals surface area contributed by atoms with Crippen molar-refractivity contribution in [3.63, 3.8) is 0 Å². The lowest BCUT2D eigenvalue weighted by Gasteiger charge is -2.29. The van der Waals surface area contributed by atoms with Crippen LogP contribution in [0.5, 0.6) is 5.75 Å². The van der Waals surface area contributed by atoms with Crippen LogP contribution in [0.3, 0.4) is 0 Å². The van der Waals surface area contributed by atoms with Gasteiger partial charge in [-0.3, -0.25) is 4.72 Å². The maximum atomic E-state index is 12.2. The molecule has 6 heteroatoms. The van der Waals surface area contributed by atoms with E-state index in [0.717, 1.165) is 18.4 Å². The Labute approximate surface area is 114 Å². The molecule has 19 heavy (non-hydrogen) atoms. The minimum atomic E-state index is -3.52. The second-order valence-corrected chi connectivity index (χ2v) is 6.86. The van der Waals surface area contributed by atoms with E-state index in [2.05, 4.69) is 11.6 Å². The van der Waals surface area contributed by atoms with Gasteiger partial charge in [-0.05, 0) is 37.3 Å². The van der Waals surface area contributed by atoms with E-state index >= 15 is 0 Å². The number of nitrogens with zero attached hydrogens (tertiary/aromatic N) is 1. The molecular weight excluding hydrogens is 264 g/mol. The number of aryl methyl sites for hydroxylation is 1. The average molecular weight is 284 g/mol. The van der Waals surface area contributed by atoms with Gasteiger partial charge in [0.2, 0.25) is 0 Å². The van der Waals surface area contributed by atoms with E-state index in [4.69, 9.17) is 0 Å². The molecule has 0 aromatic heterocycles. The number of hydrogen-bond acceptors (Lipinski definition) is 3. The molecule has 0 bridgehead atoms. The summed E-state index contributed by atoms with van der Waals surface area (Å²) in [6, 6.07) is 4.77. The van der Waals surface area contributed by atoms with E-state index in [9.17, 15) is 13.5 Å². The van der Waals surface area contributed by atoms with Crippen molar-refractivity contribution in [2.24, 2.45) is 5.92 Å². The summed E-state index contributed by atoms with van der Waals surface area (Å²) in [4.78, 5) is 0. The second-order valence-electron chi connectivity index (χ2n) is 5.19. The Bertz CT molecular complexity index is 549. The molecule has 106 valence electrons. The van der Waals surface area contributed by atoms with Crippen LogP contribution in [0.2, 0.25) is 0 Å². The van der Waals surface area contributed by atoms with Gasteiger partial charge in [0, 0.05) is 19.2 Å². The minimum Gasteiger partial charge on any atom is -0.508 e. The Kier molecular flexibility index (Phi) is 4.01. The molecular formula is C13H20N2O3S. The molecule has 1 heterocycles. The Morgan fingerprint density at radius 1 is 1.32 bits per heavy atom. The molecule has 2 N–H and O–H groups in total. The van der Waals surface area contributed by atoms with Gasteiger partial charge in [0.05, 0.1) is 5.69 Å². The Hall–Kier alpha value is -1.27. The summed E-state index contributed by atoms with van der Waals surface area (Å²) >= 11 is 0. The van der Waals surface area contributed by atoms with Crippen molar-refractivity contribution >= 4 is 15.9 Å². The molecule has 1 saturated heterocycles. The van der Waals surface area contributed by atoms with Crippen molar-refractivity contribution in [2.45, 2.75) is 26.7 Å². The molecule has 1 aliphatic rings. The first kappa shape index (κ1) is 14.1. The van der Waals surface area contributed by atoms with Crippen molar-refractivity contribution in [2.75, 3.05) is 17.8 Å². The maximum absolute atomic E-state index is 12.2. The lowest BCUT2D eigenvalue weighted by atomic mass is 10.0. The first-order valence-corrected chi connectivity index (χ1v) is 7.90. The zero-order valence-electron chi connectivity index (χ0n) is 11.3. The highest BCUT2D eigenvalue weighted by Gasteiger charge is 2.26. The van der Waals surface area contributed by atoms with Crippen LogP contribution in [0.25, 0.3) is 0 Å². The number of phenolic OH excluding ortho intramolecular Hbond substituents is 1. The number of piperidine rings is 1. The van der Waals surface area contributed by atoms with Crippen LogP contribution in [-0.4, -0.2) is 30.9 Å². The Balaban J connectivity index is 2.10.